The van der Waals surface area contributed by atoms with Crippen LogP contribution in [0.4, 0.5) is 5.82 Å². The summed E-state index contributed by atoms with van der Waals surface area (Å²) in [6, 6.07) is 9.38. The zero-order valence-electron chi connectivity index (χ0n) is 12.6. The number of amides is 1. The first kappa shape index (κ1) is 15.3. The quantitative estimate of drug-likeness (QED) is 0.801. The molecule has 0 spiro atoms. The number of aromatic nitrogens is 1. The van der Waals surface area contributed by atoms with Gasteiger partial charge in [0.05, 0.1) is 23.8 Å². The number of nitrogens with zero attached hydrogens (tertiary/aromatic N) is 1. The van der Waals surface area contributed by atoms with E-state index in [2.05, 4.69) is 15.6 Å². The molecule has 0 saturated heterocycles. The lowest BCUT2D eigenvalue weighted by atomic mass is 10.1. The number of anilines is 1. The third-order valence-corrected chi connectivity index (χ3v) is 3.06. The molecule has 21 heavy (non-hydrogen) atoms. The second-order valence-electron chi connectivity index (χ2n) is 5.00. The Labute approximate surface area is 124 Å². The molecule has 5 nitrogen and oxygen atoms in total. The van der Waals surface area contributed by atoms with Gasteiger partial charge in [-0.2, -0.15) is 0 Å². The third kappa shape index (κ3) is 3.92. The van der Waals surface area contributed by atoms with E-state index in [4.69, 9.17) is 4.74 Å². The van der Waals surface area contributed by atoms with Crippen LogP contribution in [0.15, 0.2) is 30.3 Å². The number of hydrogen-bond acceptors (Lipinski definition) is 4. The molecule has 0 bridgehead atoms. The lowest BCUT2D eigenvalue weighted by Gasteiger charge is -2.11. The van der Waals surface area contributed by atoms with Crippen molar-refractivity contribution in [2.45, 2.75) is 20.0 Å². The Kier molecular flexibility index (Phi) is 5.11. The van der Waals surface area contributed by atoms with E-state index < -0.39 is 0 Å². The van der Waals surface area contributed by atoms with Crippen molar-refractivity contribution in [3.8, 4) is 0 Å². The molecular formula is C16H21N3O2. The highest BCUT2D eigenvalue weighted by Crippen LogP contribution is 2.20. The smallest absolute Gasteiger partial charge is 0.252 e. The molecule has 0 radical (unpaired) electrons. The normalized spacial score (nSPS) is 10.9. The van der Waals surface area contributed by atoms with Gasteiger partial charge in [-0.15, -0.1) is 0 Å². The molecule has 0 unspecified atom stereocenters. The number of fused-ring (bicyclic) bond motifs is 1. The molecule has 1 amide bonds. The molecule has 0 aliphatic heterocycles. The van der Waals surface area contributed by atoms with Crippen molar-refractivity contribution in [3.63, 3.8) is 0 Å². The van der Waals surface area contributed by atoms with Gasteiger partial charge in [0.25, 0.3) is 5.91 Å². The van der Waals surface area contributed by atoms with Crippen LogP contribution in [0.5, 0.6) is 0 Å². The van der Waals surface area contributed by atoms with Crippen LogP contribution in [-0.2, 0) is 4.74 Å². The molecule has 5 heteroatoms. The summed E-state index contributed by atoms with van der Waals surface area (Å²) < 4.78 is 5.42. The van der Waals surface area contributed by atoms with Crippen molar-refractivity contribution in [1.82, 2.24) is 10.3 Å². The van der Waals surface area contributed by atoms with E-state index in [-0.39, 0.29) is 12.0 Å². The number of rotatable bonds is 6. The minimum atomic E-state index is -0.113. The molecule has 1 aromatic heterocycles. The Hall–Kier alpha value is -2.14. The topological polar surface area (TPSA) is 63.2 Å². The highest BCUT2D eigenvalue weighted by atomic mass is 16.5. The molecule has 0 aliphatic carbocycles. The lowest BCUT2D eigenvalue weighted by molar-refractivity contribution is 0.0747. The Balaban J connectivity index is 2.17. The minimum absolute atomic E-state index is 0.113. The van der Waals surface area contributed by atoms with Crippen LogP contribution in [0.3, 0.4) is 0 Å². The number of ether oxygens (including phenoxy) is 1. The lowest BCUT2D eigenvalue weighted by Crippen LogP contribution is -2.28. The summed E-state index contributed by atoms with van der Waals surface area (Å²) in [4.78, 5) is 16.8. The van der Waals surface area contributed by atoms with E-state index in [1.165, 1.54) is 0 Å². The molecule has 112 valence electrons. The number of nitrogens with one attached hydrogen (secondary N) is 2. The van der Waals surface area contributed by atoms with Crippen LogP contribution in [0.1, 0.15) is 24.2 Å². The summed E-state index contributed by atoms with van der Waals surface area (Å²) in [6.45, 7) is 4.93. The summed E-state index contributed by atoms with van der Waals surface area (Å²) in [5.41, 5.74) is 1.42. The molecular weight excluding hydrogens is 266 g/mol. The van der Waals surface area contributed by atoms with Gasteiger partial charge in [-0.25, -0.2) is 4.98 Å². The van der Waals surface area contributed by atoms with Gasteiger partial charge < -0.3 is 15.4 Å². The first-order chi connectivity index (χ1) is 10.1. The van der Waals surface area contributed by atoms with Crippen molar-refractivity contribution in [2.24, 2.45) is 0 Å². The van der Waals surface area contributed by atoms with Crippen LogP contribution in [-0.4, -0.2) is 37.2 Å². The van der Waals surface area contributed by atoms with Gasteiger partial charge in [-0.3, -0.25) is 4.79 Å². The molecule has 1 heterocycles. The Morgan fingerprint density at radius 1 is 1.33 bits per heavy atom. The number of carbonyl (C=O) groups is 1. The van der Waals surface area contributed by atoms with Crippen LogP contribution >= 0.6 is 0 Å². The molecule has 0 atom stereocenters. The van der Waals surface area contributed by atoms with E-state index in [0.717, 1.165) is 10.9 Å². The van der Waals surface area contributed by atoms with E-state index in [0.29, 0.717) is 24.5 Å². The van der Waals surface area contributed by atoms with Crippen molar-refractivity contribution < 1.29 is 9.53 Å². The number of benzene rings is 1. The molecule has 0 aliphatic rings. The van der Waals surface area contributed by atoms with Crippen LogP contribution in [0.2, 0.25) is 0 Å². The second-order valence-corrected chi connectivity index (χ2v) is 5.00. The van der Waals surface area contributed by atoms with Gasteiger partial charge in [0.2, 0.25) is 0 Å². The molecule has 0 fully saturated rings. The van der Waals surface area contributed by atoms with Crippen LogP contribution in [0.25, 0.3) is 10.9 Å². The Morgan fingerprint density at radius 2 is 2.10 bits per heavy atom. The van der Waals surface area contributed by atoms with E-state index in [1.807, 2.05) is 38.1 Å². The fourth-order valence-electron chi connectivity index (χ4n) is 2.05. The van der Waals surface area contributed by atoms with E-state index in [1.54, 1.807) is 13.1 Å². The van der Waals surface area contributed by atoms with Crippen LogP contribution in [0, 0.1) is 0 Å². The summed E-state index contributed by atoms with van der Waals surface area (Å²) in [6.07, 6.45) is 0.166. The maximum atomic E-state index is 12.3. The van der Waals surface area contributed by atoms with Crippen molar-refractivity contribution >= 4 is 22.6 Å². The summed E-state index contributed by atoms with van der Waals surface area (Å²) >= 11 is 0. The second kappa shape index (κ2) is 7.04. The van der Waals surface area contributed by atoms with E-state index in [9.17, 15) is 4.79 Å². The maximum absolute atomic E-state index is 12.3. The van der Waals surface area contributed by atoms with Gasteiger partial charge in [-0.05, 0) is 26.0 Å². The van der Waals surface area contributed by atoms with Gasteiger partial charge in [-0.1, -0.05) is 18.2 Å². The van der Waals surface area contributed by atoms with Crippen molar-refractivity contribution in [2.75, 3.05) is 25.5 Å². The van der Waals surface area contributed by atoms with Gasteiger partial charge in [0.1, 0.15) is 5.82 Å². The monoisotopic (exact) mass is 287 g/mol. The molecule has 2 rings (SSSR count). The fourth-order valence-corrected chi connectivity index (χ4v) is 2.05. The fraction of sp³-hybridized carbons (Fsp3) is 0.375. The third-order valence-electron chi connectivity index (χ3n) is 3.06. The molecule has 1 aromatic carbocycles. The van der Waals surface area contributed by atoms with Crippen molar-refractivity contribution in [3.05, 3.63) is 35.9 Å². The van der Waals surface area contributed by atoms with Gasteiger partial charge >= 0.3 is 0 Å². The zero-order valence-corrected chi connectivity index (χ0v) is 12.6. The van der Waals surface area contributed by atoms with Gasteiger partial charge in [0, 0.05) is 19.0 Å². The SMILES string of the molecule is CNc1cc(C(=O)NCCOC(C)C)c2ccccc2n1. The highest BCUT2D eigenvalue weighted by Gasteiger charge is 2.12. The first-order valence-corrected chi connectivity index (χ1v) is 7.09. The van der Waals surface area contributed by atoms with Crippen LogP contribution < -0.4 is 10.6 Å². The highest BCUT2D eigenvalue weighted by molar-refractivity contribution is 6.06. The number of hydrogen-bond donors (Lipinski definition) is 2. The average Bonchev–Trinajstić information content (AvgIpc) is 2.50. The number of para-hydroxylation sites is 1. The zero-order chi connectivity index (χ0) is 15.2. The summed E-state index contributed by atoms with van der Waals surface area (Å²) in [5, 5.41) is 6.71. The summed E-state index contributed by atoms with van der Waals surface area (Å²) in [5.74, 6) is 0.565. The number of pyridine rings is 1. The Morgan fingerprint density at radius 3 is 2.81 bits per heavy atom. The van der Waals surface area contributed by atoms with E-state index >= 15 is 0 Å². The first-order valence-electron chi connectivity index (χ1n) is 7.09. The summed E-state index contributed by atoms with van der Waals surface area (Å²) in [7, 11) is 1.79. The number of carbonyl (C=O) groups excluding carboxylic acids is 1. The standard InChI is InChI=1S/C16H21N3O2/c1-11(2)21-9-8-18-16(20)13-10-15(17-3)19-14-7-5-4-6-12(13)14/h4-7,10-11H,8-9H2,1-3H3,(H,17,19)(H,18,20). The predicted molar refractivity (Wildman–Crippen MR) is 84.7 cm³/mol. The molecule has 2 aromatic rings. The largest absolute Gasteiger partial charge is 0.377 e. The maximum Gasteiger partial charge on any atom is 0.252 e. The Bertz CT molecular complexity index is 626. The molecule has 2 N–H and O–H groups in total. The van der Waals surface area contributed by atoms with Crippen molar-refractivity contribution in [1.29, 1.82) is 0 Å². The molecule has 0 saturated carbocycles. The average molecular weight is 287 g/mol. The van der Waals surface area contributed by atoms with Gasteiger partial charge in [0.15, 0.2) is 0 Å². The minimum Gasteiger partial charge on any atom is -0.377 e. The predicted octanol–water partition coefficient (Wildman–Crippen LogP) is 2.43.